The van der Waals surface area contributed by atoms with E-state index in [-0.39, 0.29) is 29.0 Å². The molecule has 1 aliphatic rings. The number of nitro groups is 1. The molecule has 2 heterocycles. The SMILES string of the molecule is CC(=O)N1CCN(CCCOc2cc3ncnc(Nc4ccc(F)c(Cl)c4)c3cc2NC(=O)c2cc([N+](=O)[O-])ccc2F)CC1. The van der Waals surface area contributed by atoms with Crippen LogP contribution < -0.4 is 15.4 Å². The van der Waals surface area contributed by atoms with E-state index >= 15 is 0 Å². The van der Waals surface area contributed by atoms with E-state index in [0.717, 1.165) is 37.8 Å². The number of ether oxygens (including phenoxy) is 1. The van der Waals surface area contributed by atoms with E-state index in [1.807, 2.05) is 0 Å². The molecule has 234 valence electrons. The highest BCUT2D eigenvalue weighted by Gasteiger charge is 2.21. The van der Waals surface area contributed by atoms with E-state index in [4.69, 9.17) is 16.3 Å². The summed E-state index contributed by atoms with van der Waals surface area (Å²) in [5.74, 6) is -1.87. The maximum absolute atomic E-state index is 14.6. The molecule has 0 atom stereocenters. The second-order valence-corrected chi connectivity index (χ2v) is 10.7. The third-order valence-corrected chi connectivity index (χ3v) is 7.56. The number of hydrogen-bond acceptors (Lipinski definition) is 9. The van der Waals surface area contributed by atoms with Crippen molar-refractivity contribution in [3.8, 4) is 5.75 Å². The van der Waals surface area contributed by atoms with Gasteiger partial charge in [-0.2, -0.15) is 0 Å². The Kier molecular flexibility index (Phi) is 9.64. The summed E-state index contributed by atoms with van der Waals surface area (Å²) in [6.07, 6.45) is 1.95. The number of amides is 2. The second kappa shape index (κ2) is 13.8. The number of carbonyl (C=O) groups excluding carboxylic acids is 2. The summed E-state index contributed by atoms with van der Waals surface area (Å²) in [4.78, 5) is 47.9. The van der Waals surface area contributed by atoms with Crippen LogP contribution in [0, 0.1) is 21.7 Å². The topological polar surface area (TPSA) is 143 Å². The number of rotatable bonds is 10. The highest BCUT2D eigenvalue weighted by Crippen LogP contribution is 2.34. The molecular weight excluding hydrogens is 612 g/mol. The monoisotopic (exact) mass is 639 g/mol. The van der Waals surface area contributed by atoms with Crippen LogP contribution in [0.15, 0.2) is 54.9 Å². The lowest BCUT2D eigenvalue weighted by atomic mass is 10.1. The number of fused-ring (bicyclic) bond motifs is 1. The van der Waals surface area contributed by atoms with Crippen LogP contribution in [0.5, 0.6) is 5.75 Å². The summed E-state index contributed by atoms with van der Waals surface area (Å²) in [6, 6.07) is 9.85. The number of anilines is 3. The first kappa shape index (κ1) is 31.5. The average molecular weight is 640 g/mol. The standard InChI is InChI=1S/C30H28ClF2N7O5/c1-18(41)39-10-8-38(9-11-39)7-2-12-45-28-16-26-22(29(35-17-34-26)36-19-3-5-25(33)23(31)13-19)15-27(28)37-30(42)21-14-20(40(43)44)4-6-24(21)32/h3-6,13-17H,2,7-12H2,1H3,(H,37,42)(H,34,35,36). The second-order valence-electron chi connectivity index (χ2n) is 10.3. The molecule has 45 heavy (non-hydrogen) atoms. The third-order valence-electron chi connectivity index (χ3n) is 7.27. The molecule has 1 aliphatic heterocycles. The quantitative estimate of drug-likeness (QED) is 0.132. The van der Waals surface area contributed by atoms with Crippen LogP contribution in [-0.2, 0) is 4.79 Å². The van der Waals surface area contributed by atoms with Crippen molar-refractivity contribution in [1.82, 2.24) is 19.8 Å². The Balaban J connectivity index is 1.40. The predicted octanol–water partition coefficient (Wildman–Crippen LogP) is 5.40. The van der Waals surface area contributed by atoms with Crippen molar-refractivity contribution < 1.29 is 28.0 Å². The number of halogens is 3. The van der Waals surface area contributed by atoms with Gasteiger partial charge in [-0.3, -0.25) is 24.6 Å². The van der Waals surface area contributed by atoms with Crippen LogP contribution in [0.3, 0.4) is 0 Å². The van der Waals surface area contributed by atoms with Crippen LogP contribution in [0.2, 0.25) is 5.02 Å². The van der Waals surface area contributed by atoms with Crippen LogP contribution >= 0.6 is 11.6 Å². The molecule has 0 radical (unpaired) electrons. The number of piperazine rings is 1. The summed E-state index contributed by atoms with van der Waals surface area (Å²) in [5, 5.41) is 17.2. The minimum Gasteiger partial charge on any atom is -0.491 e. The molecule has 15 heteroatoms. The summed E-state index contributed by atoms with van der Waals surface area (Å²) in [6.45, 7) is 5.35. The van der Waals surface area contributed by atoms with E-state index in [1.165, 1.54) is 30.6 Å². The lowest BCUT2D eigenvalue weighted by Crippen LogP contribution is -2.48. The van der Waals surface area contributed by atoms with Crippen molar-refractivity contribution in [2.24, 2.45) is 0 Å². The molecule has 2 amide bonds. The first-order chi connectivity index (χ1) is 21.6. The first-order valence-electron chi connectivity index (χ1n) is 14.0. The van der Waals surface area contributed by atoms with Gasteiger partial charge < -0.3 is 20.3 Å². The van der Waals surface area contributed by atoms with Crippen molar-refractivity contribution in [2.45, 2.75) is 13.3 Å². The molecule has 0 bridgehead atoms. The highest BCUT2D eigenvalue weighted by atomic mass is 35.5. The van der Waals surface area contributed by atoms with Gasteiger partial charge in [-0.15, -0.1) is 0 Å². The molecular formula is C30H28ClF2N7O5. The summed E-state index contributed by atoms with van der Waals surface area (Å²) in [7, 11) is 0. The summed E-state index contributed by atoms with van der Waals surface area (Å²) in [5.41, 5.74) is 0.0521. The Bertz CT molecular complexity index is 1770. The van der Waals surface area contributed by atoms with E-state index in [1.54, 1.807) is 17.9 Å². The van der Waals surface area contributed by atoms with Crippen molar-refractivity contribution in [3.63, 3.8) is 0 Å². The predicted molar refractivity (Wildman–Crippen MR) is 164 cm³/mol. The average Bonchev–Trinajstić information content (AvgIpc) is 3.01. The molecule has 12 nitrogen and oxygen atoms in total. The number of non-ortho nitro benzene ring substituents is 1. The van der Waals surface area contributed by atoms with Crippen molar-refractivity contribution in [1.29, 1.82) is 0 Å². The largest absolute Gasteiger partial charge is 0.491 e. The van der Waals surface area contributed by atoms with Crippen LogP contribution in [0.25, 0.3) is 10.9 Å². The molecule has 5 rings (SSSR count). The zero-order valence-electron chi connectivity index (χ0n) is 24.1. The summed E-state index contributed by atoms with van der Waals surface area (Å²) < 4.78 is 34.4. The van der Waals surface area contributed by atoms with E-state index < -0.39 is 33.7 Å². The van der Waals surface area contributed by atoms with E-state index in [9.17, 15) is 28.5 Å². The smallest absolute Gasteiger partial charge is 0.270 e. The molecule has 3 aromatic carbocycles. The van der Waals surface area contributed by atoms with Crippen LogP contribution in [0.4, 0.5) is 31.7 Å². The molecule has 1 saturated heterocycles. The number of nitrogens with one attached hydrogen (secondary N) is 2. The lowest BCUT2D eigenvalue weighted by molar-refractivity contribution is -0.384. The van der Waals surface area contributed by atoms with E-state index in [0.29, 0.717) is 41.9 Å². The van der Waals surface area contributed by atoms with E-state index in [2.05, 4.69) is 25.5 Å². The maximum atomic E-state index is 14.6. The van der Waals surface area contributed by atoms with Gasteiger partial charge in [0.1, 0.15) is 29.5 Å². The molecule has 0 aliphatic carbocycles. The normalized spacial score (nSPS) is 13.5. The molecule has 1 fully saturated rings. The van der Waals surface area contributed by atoms with Gasteiger partial charge in [0.2, 0.25) is 5.91 Å². The third kappa shape index (κ3) is 7.59. The Labute approximate surface area is 261 Å². The number of nitro benzene ring substituents is 1. The van der Waals surface area contributed by atoms with Gasteiger partial charge in [-0.25, -0.2) is 18.7 Å². The lowest BCUT2D eigenvalue weighted by Gasteiger charge is -2.34. The van der Waals surface area contributed by atoms with Gasteiger partial charge in [-0.1, -0.05) is 11.6 Å². The van der Waals surface area contributed by atoms with Gasteiger partial charge in [0.15, 0.2) is 0 Å². The Morgan fingerprint density at radius 3 is 2.51 bits per heavy atom. The maximum Gasteiger partial charge on any atom is 0.270 e. The van der Waals surface area contributed by atoms with Gasteiger partial charge in [-0.05, 0) is 36.8 Å². The van der Waals surface area contributed by atoms with Gasteiger partial charge in [0.25, 0.3) is 11.6 Å². The highest BCUT2D eigenvalue weighted by molar-refractivity contribution is 6.31. The van der Waals surface area contributed by atoms with Gasteiger partial charge in [0, 0.05) is 68.9 Å². The van der Waals surface area contributed by atoms with Gasteiger partial charge in [0.05, 0.1) is 33.3 Å². The molecule has 0 saturated carbocycles. The van der Waals surface area contributed by atoms with Crippen molar-refractivity contribution in [2.75, 3.05) is 50.0 Å². The number of benzene rings is 3. The molecule has 0 unspecified atom stereocenters. The van der Waals surface area contributed by atoms with Gasteiger partial charge >= 0.3 is 0 Å². The summed E-state index contributed by atoms with van der Waals surface area (Å²) >= 11 is 5.93. The number of nitrogens with zero attached hydrogens (tertiary/aromatic N) is 5. The minimum atomic E-state index is -0.940. The fraction of sp³-hybridized carbons (Fsp3) is 0.267. The number of aromatic nitrogens is 2. The number of carbonyl (C=O) groups is 2. The zero-order valence-corrected chi connectivity index (χ0v) is 24.8. The Hall–Kier alpha value is -4.95. The van der Waals surface area contributed by atoms with Crippen molar-refractivity contribution >= 4 is 57.2 Å². The molecule has 2 N–H and O–H groups in total. The minimum absolute atomic E-state index is 0.0532. The van der Waals surface area contributed by atoms with Crippen molar-refractivity contribution in [3.05, 3.63) is 87.2 Å². The van der Waals surface area contributed by atoms with Crippen LogP contribution in [0.1, 0.15) is 23.7 Å². The molecule has 0 spiro atoms. The Morgan fingerprint density at radius 2 is 1.80 bits per heavy atom. The Morgan fingerprint density at radius 1 is 1.04 bits per heavy atom. The zero-order chi connectivity index (χ0) is 32.1. The van der Waals surface area contributed by atoms with Crippen LogP contribution in [-0.4, -0.2) is 75.8 Å². The fourth-order valence-corrected chi connectivity index (χ4v) is 5.04. The molecule has 4 aromatic rings. The fourth-order valence-electron chi connectivity index (χ4n) is 4.86. The molecule has 1 aromatic heterocycles. The first-order valence-corrected chi connectivity index (χ1v) is 14.3. The number of hydrogen-bond donors (Lipinski definition) is 2.